The van der Waals surface area contributed by atoms with Crippen LogP contribution in [0.2, 0.25) is 0 Å². The van der Waals surface area contributed by atoms with E-state index in [0.29, 0.717) is 67.7 Å². The summed E-state index contributed by atoms with van der Waals surface area (Å²) in [7, 11) is 0. The molecule has 0 N–H and O–H groups in total. The number of halogens is 7. The van der Waals surface area contributed by atoms with Gasteiger partial charge in [-0.2, -0.15) is 26.3 Å². The molecule has 0 amide bonds. The molecule has 9 rings (SSSR count). The van der Waals surface area contributed by atoms with Gasteiger partial charge in [-0.1, -0.05) is 109 Å². The summed E-state index contributed by atoms with van der Waals surface area (Å²) in [6, 6.07) is 44.3. The first-order valence-electron chi connectivity index (χ1n) is 18.0. The highest BCUT2D eigenvalue weighted by Crippen LogP contribution is 2.44. The Morgan fingerprint density at radius 1 is 0.397 bits per heavy atom. The highest BCUT2D eigenvalue weighted by molar-refractivity contribution is 6.11. The molecule has 0 atom stereocenters. The Labute approximate surface area is 326 Å². The van der Waals surface area contributed by atoms with Gasteiger partial charge in [0.1, 0.15) is 5.82 Å². The molecule has 58 heavy (non-hydrogen) atoms. The molecule has 0 aliphatic rings. The number of nitrogens with zero attached hydrogens (tertiary/aromatic N) is 4. The fraction of sp³-hybridized carbons (Fsp3) is 0.0426. The summed E-state index contributed by atoms with van der Waals surface area (Å²) in [5, 5.41) is 1.22. The summed E-state index contributed by atoms with van der Waals surface area (Å²) in [5.41, 5.74) is 2.11. The van der Waals surface area contributed by atoms with Gasteiger partial charge in [0.05, 0.1) is 27.8 Å². The van der Waals surface area contributed by atoms with E-state index in [4.69, 9.17) is 15.0 Å². The maximum absolute atomic E-state index is 14.6. The Balaban J connectivity index is 1.32. The van der Waals surface area contributed by atoms with Crippen LogP contribution < -0.4 is 0 Å². The predicted molar refractivity (Wildman–Crippen MR) is 211 cm³/mol. The minimum atomic E-state index is -5.06. The lowest BCUT2D eigenvalue weighted by Gasteiger charge is -2.17. The smallest absolute Gasteiger partial charge is 0.308 e. The molecule has 9 aromatic rings. The van der Waals surface area contributed by atoms with Crippen molar-refractivity contribution in [3.05, 3.63) is 181 Å². The maximum atomic E-state index is 14.6. The van der Waals surface area contributed by atoms with Crippen molar-refractivity contribution in [2.24, 2.45) is 0 Å². The number of para-hydroxylation sites is 1. The van der Waals surface area contributed by atoms with E-state index in [1.807, 2.05) is 102 Å². The summed E-state index contributed by atoms with van der Waals surface area (Å²) in [6.07, 6.45) is -10.0. The summed E-state index contributed by atoms with van der Waals surface area (Å²) < 4.78 is 100. The average molecular weight is 781 g/mol. The van der Waals surface area contributed by atoms with Crippen LogP contribution in [0.4, 0.5) is 30.7 Å². The SMILES string of the molecule is Fc1cccc(-c2ccc(-c3nc(-c4ccccc4)nc(-c4ccccc4)n3)c(-n3c4ccccc4c4cc(-c5ccc(C(F)(F)F)cc5C(F)(F)F)ccc43)c2)c1. The molecule has 0 unspecified atom stereocenters. The van der Waals surface area contributed by atoms with Gasteiger partial charge < -0.3 is 4.57 Å². The quantitative estimate of drug-likeness (QED) is 0.158. The first-order valence-corrected chi connectivity index (χ1v) is 18.0. The molecule has 11 heteroatoms. The molecule has 0 spiro atoms. The topological polar surface area (TPSA) is 43.6 Å². The first kappa shape index (κ1) is 36.5. The number of rotatable bonds is 6. The number of hydrogen-bond donors (Lipinski definition) is 0. The molecule has 0 fully saturated rings. The highest BCUT2D eigenvalue weighted by Gasteiger charge is 2.38. The second-order valence-corrected chi connectivity index (χ2v) is 13.6. The largest absolute Gasteiger partial charge is 0.417 e. The Hall–Kier alpha value is -7.14. The van der Waals surface area contributed by atoms with Gasteiger partial charge in [-0.25, -0.2) is 19.3 Å². The zero-order valence-electron chi connectivity index (χ0n) is 30.0. The first-order chi connectivity index (χ1) is 27.9. The third kappa shape index (κ3) is 6.74. The van der Waals surface area contributed by atoms with Gasteiger partial charge in [0.25, 0.3) is 0 Å². The van der Waals surface area contributed by atoms with E-state index in [9.17, 15) is 30.7 Å². The molecule has 7 aromatic carbocycles. The van der Waals surface area contributed by atoms with Crippen LogP contribution in [0, 0.1) is 5.82 Å². The van der Waals surface area contributed by atoms with Crippen LogP contribution in [0.3, 0.4) is 0 Å². The second-order valence-electron chi connectivity index (χ2n) is 13.6. The van der Waals surface area contributed by atoms with Crippen molar-refractivity contribution < 1.29 is 30.7 Å². The molecule has 2 aromatic heterocycles. The Morgan fingerprint density at radius 2 is 0.966 bits per heavy atom. The molecule has 0 saturated heterocycles. The molecule has 4 nitrogen and oxygen atoms in total. The van der Waals surface area contributed by atoms with Crippen LogP contribution in [0.1, 0.15) is 11.1 Å². The minimum absolute atomic E-state index is 0.0858. The molecule has 0 radical (unpaired) electrons. The zero-order chi connectivity index (χ0) is 40.2. The highest BCUT2D eigenvalue weighted by atomic mass is 19.4. The molecule has 2 heterocycles. The molecular formula is C47H27F7N4. The number of aromatic nitrogens is 4. The van der Waals surface area contributed by atoms with Gasteiger partial charge in [-0.05, 0) is 76.9 Å². The number of benzene rings is 7. The van der Waals surface area contributed by atoms with E-state index in [1.165, 1.54) is 18.2 Å². The van der Waals surface area contributed by atoms with Gasteiger partial charge in [0.15, 0.2) is 17.5 Å². The molecule has 0 bridgehead atoms. The van der Waals surface area contributed by atoms with E-state index >= 15 is 0 Å². The fourth-order valence-corrected chi connectivity index (χ4v) is 7.29. The van der Waals surface area contributed by atoms with Crippen LogP contribution >= 0.6 is 0 Å². The molecule has 284 valence electrons. The lowest BCUT2D eigenvalue weighted by molar-refractivity contribution is -0.142. The molecule has 0 aliphatic heterocycles. The number of fused-ring (bicyclic) bond motifs is 3. The predicted octanol–water partition coefficient (Wildman–Crippen LogP) is 13.5. The van der Waals surface area contributed by atoms with Gasteiger partial charge in [0, 0.05) is 27.5 Å². The Kier molecular flexibility index (Phi) is 8.88. The summed E-state index contributed by atoms with van der Waals surface area (Å²) in [5.74, 6) is 0.754. The second kappa shape index (κ2) is 14.1. The van der Waals surface area contributed by atoms with Crippen LogP contribution in [-0.2, 0) is 12.4 Å². The summed E-state index contributed by atoms with van der Waals surface area (Å²) >= 11 is 0. The van der Waals surface area contributed by atoms with Crippen LogP contribution in [-0.4, -0.2) is 19.5 Å². The van der Waals surface area contributed by atoms with Crippen molar-refractivity contribution in [3.63, 3.8) is 0 Å². The molecule has 0 aliphatic carbocycles. The van der Waals surface area contributed by atoms with Crippen molar-refractivity contribution in [2.75, 3.05) is 0 Å². The van der Waals surface area contributed by atoms with E-state index in [-0.39, 0.29) is 17.2 Å². The summed E-state index contributed by atoms with van der Waals surface area (Å²) in [4.78, 5) is 14.8. The monoisotopic (exact) mass is 780 g/mol. The van der Waals surface area contributed by atoms with Crippen molar-refractivity contribution >= 4 is 21.8 Å². The normalized spacial score (nSPS) is 12.1. The van der Waals surface area contributed by atoms with Crippen LogP contribution in [0.5, 0.6) is 0 Å². The van der Waals surface area contributed by atoms with Crippen molar-refractivity contribution in [3.8, 4) is 62.1 Å². The van der Waals surface area contributed by atoms with Gasteiger partial charge in [0.2, 0.25) is 0 Å². The van der Waals surface area contributed by atoms with Gasteiger partial charge in [-0.3, -0.25) is 0 Å². The van der Waals surface area contributed by atoms with E-state index in [2.05, 4.69) is 0 Å². The van der Waals surface area contributed by atoms with Gasteiger partial charge in [-0.15, -0.1) is 0 Å². The Morgan fingerprint density at radius 3 is 1.62 bits per heavy atom. The summed E-state index contributed by atoms with van der Waals surface area (Å²) in [6.45, 7) is 0. The van der Waals surface area contributed by atoms with E-state index in [0.717, 1.165) is 17.2 Å². The maximum Gasteiger partial charge on any atom is 0.417 e. The lowest BCUT2D eigenvalue weighted by atomic mass is 9.95. The zero-order valence-corrected chi connectivity index (χ0v) is 30.0. The van der Waals surface area contributed by atoms with E-state index in [1.54, 1.807) is 30.3 Å². The van der Waals surface area contributed by atoms with Crippen molar-refractivity contribution in [2.45, 2.75) is 12.4 Å². The number of alkyl halides is 6. The van der Waals surface area contributed by atoms with E-state index < -0.39 is 29.3 Å². The lowest BCUT2D eigenvalue weighted by Crippen LogP contribution is -2.12. The molecule has 0 saturated carbocycles. The average Bonchev–Trinajstić information content (AvgIpc) is 3.56. The standard InChI is InChI=1S/C47H27F7N4/c48-34-15-9-14-30(24-34)31-18-21-37(45-56-43(28-10-3-1-4-11-28)55-44(57-45)29-12-5-2-6-13-29)42(26-31)58-40-17-8-7-16-36(40)38-25-32(19-23-41(38)58)35-22-20-33(46(49,50)51)27-39(35)47(52,53)54/h1-27H. The van der Waals surface area contributed by atoms with Gasteiger partial charge >= 0.3 is 12.4 Å². The number of hydrogen-bond acceptors (Lipinski definition) is 3. The van der Waals surface area contributed by atoms with Crippen molar-refractivity contribution in [1.29, 1.82) is 0 Å². The van der Waals surface area contributed by atoms with Crippen molar-refractivity contribution in [1.82, 2.24) is 19.5 Å². The third-order valence-electron chi connectivity index (χ3n) is 9.97. The fourth-order valence-electron chi connectivity index (χ4n) is 7.29. The third-order valence-corrected chi connectivity index (χ3v) is 9.97. The Bertz CT molecular complexity index is 2930. The molecular weight excluding hydrogens is 754 g/mol. The van der Waals surface area contributed by atoms with Crippen LogP contribution in [0.25, 0.3) is 83.9 Å². The van der Waals surface area contributed by atoms with Crippen LogP contribution in [0.15, 0.2) is 164 Å². The minimum Gasteiger partial charge on any atom is -0.308 e.